The van der Waals surface area contributed by atoms with E-state index in [4.69, 9.17) is 9.47 Å². The van der Waals surface area contributed by atoms with Crippen molar-refractivity contribution in [3.05, 3.63) is 71.6 Å². The molecule has 1 aliphatic rings. The SMILES string of the molecule is CCOC(=O)[C@H]1C(=O)C=C(c2ccc(F)cc2)C[C@@H]1c1ccccc1OCC. The van der Waals surface area contributed by atoms with Gasteiger partial charge >= 0.3 is 5.97 Å². The Bertz CT molecular complexity index is 886. The zero-order valence-corrected chi connectivity index (χ0v) is 16.0. The van der Waals surface area contributed by atoms with Crippen LogP contribution < -0.4 is 4.74 Å². The number of ether oxygens (including phenoxy) is 2. The van der Waals surface area contributed by atoms with Gasteiger partial charge in [0.2, 0.25) is 0 Å². The molecular weight excluding hydrogens is 359 g/mol. The first-order valence-corrected chi connectivity index (χ1v) is 9.43. The Balaban J connectivity index is 2.05. The minimum atomic E-state index is -0.925. The van der Waals surface area contributed by atoms with Crippen LogP contribution in [-0.2, 0) is 14.3 Å². The first-order chi connectivity index (χ1) is 13.5. The maximum absolute atomic E-state index is 13.3. The summed E-state index contributed by atoms with van der Waals surface area (Å²) >= 11 is 0. The summed E-state index contributed by atoms with van der Waals surface area (Å²) in [6, 6.07) is 13.4. The molecule has 0 radical (unpaired) electrons. The number of hydrogen-bond acceptors (Lipinski definition) is 4. The van der Waals surface area contributed by atoms with Gasteiger partial charge in [0.1, 0.15) is 17.5 Å². The second kappa shape index (κ2) is 8.83. The number of carbonyl (C=O) groups is 2. The number of hydrogen-bond donors (Lipinski definition) is 0. The second-order valence-electron chi connectivity index (χ2n) is 6.59. The van der Waals surface area contributed by atoms with Crippen molar-refractivity contribution in [3.8, 4) is 5.75 Å². The van der Waals surface area contributed by atoms with Crippen LogP contribution in [0.5, 0.6) is 5.75 Å². The van der Waals surface area contributed by atoms with E-state index in [2.05, 4.69) is 0 Å². The van der Waals surface area contributed by atoms with E-state index >= 15 is 0 Å². The van der Waals surface area contributed by atoms with E-state index in [1.165, 1.54) is 18.2 Å². The molecule has 0 amide bonds. The molecule has 1 aliphatic carbocycles. The third-order valence-electron chi connectivity index (χ3n) is 4.84. The average molecular weight is 382 g/mol. The largest absolute Gasteiger partial charge is 0.494 e. The highest BCUT2D eigenvalue weighted by Crippen LogP contribution is 2.43. The number of para-hydroxylation sites is 1. The fraction of sp³-hybridized carbons (Fsp3) is 0.304. The fourth-order valence-corrected chi connectivity index (χ4v) is 3.61. The molecule has 2 aromatic rings. The summed E-state index contributed by atoms with van der Waals surface area (Å²) < 4.78 is 24.2. The average Bonchev–Trinajstić information content (AvgIpc) is 2.69. The van der Waals surface area contributed by atoms with Crippen molar-refractivity contribution in [2.45, 2.75) is 26.2 Å². The number of carbonyl (C=O) groups excluding carboxylic acids is 2. The predicted octanol–water partition coefficient (Wildman–Crippen LogP) is 4.54. The Hall–Kier alpha value is -2.95. The zero-order valence-electron chi connectivity index (χ0n) is 16.0. The van der Waals surface area contributed by atoms with Crippen LogP contribution in [0, 0.1) is 11.7 Å². The lowest BCUT2D eigenvalue weighted by Crippen LogP contribution is -2.34. The van der Waals surface area contributed by atoms with Gasteiger partial charge in [-0.05, 0) is 61.2 Å². The molecule has 0 saturated heterocycles. The van der Waals surface area contributed by atoms with Gasteiger partial charge in [-0.25, -0.2) is 4.39 Å². The highest BCUT2D eigenvalue weighted by molar-refractivity contribution is 6.10. The zero-order chi connectivity index (χ0) is 20.1. The summed E-state index contributed by atoms with van der Waals surface area (Å²) in [5.74, 6) is -1.87. The van der Waals surface area contributed by atoms with Crippen LogP contribution in [0.15, 0.2) is 54.6 Å². The molecule has 0 spiro atoms. The summed E-state index contributed by atoms with van der Waals surface area (Å²) in [7, 11) is 0. The van der Waals surface area contributed by atoms with Gasteiger partial charge in [0.25, 0.3) is 0 Å². The molecule has 2 atom stereocenters. The van der Waals surface area contributed by atoms with Gasteiger partial charge in [-0.1, -0.05) is 30.3 Å². The molecular formula is C23H23FO4. The molecule has 0 saturated carbocycles. The molecule has 0 heterocycles. The lowest BCUT2D eigenvalue weighted by Gasteiger charge is -2.30. The molecule has 0 aromatic heterocycles. The second-order valence-corrected chi connectivity index (χ2v) is 6.59. The molecule has 4 nitrogen and oxygen atoms in total. The minimum Gasteiger partial charge on any atom is -0.494 e. The van der Waals surface area contributed by atoms with E-state index in [0.29, 0.717) is 18.8 Å². The molecule has 5 heteroatoms. The fourth-order valence-electron chi connectivity index (χ4n) is 3.61. The lowest BCUT2D eigenvalue weighted by molar-refractivity contribution is -0.151. The van der Waals surface area contributed by atoms with E-state index in [-0.39, 0.29) is 18.2 Å². The van der Waals surface area contributed by atoms with E-state index in [0.717, 1.165) is 16.7 Å². The number of halogens is 1. The Labute approximate surface area is 164 Å². The molecule has 2 aromatic carbocycles. The van der Waals surface area contributed by atoms with Crippen LogP contribution in [0.1, 0.15) is 37.3 Å². The van der Waals surface area contributed by atoms with Crippen LogP contribution in [-0.4, -0.2) is 25.0 Å². The van der Waals surface area contributed by atoms with Crippen molar-refractivity contribution in [2.75, 3.05) is 13.2 Å². The minimum absolute atomic E-state index is 0.205. The number of ketones is 1. The Morgan fingerprint density at radius 3 is 2.46 bits per heavy atom. The van der Waals surface area contributed by atoms with Gasteiger partial charge in [-0.3, -0.25) is 9.59 Å². The predicted molar refractivity (Wildman–Crippen MR) is 104 cm³/mol. The van der Waals surface area contributed by atoms with Crippen LogP contribution in [0.4, 0.5) is 4.39 Å². The number of benzene rings is 2. The van der Waals surface area contributed by atoms with Crippen LogP contribution in [0.25, 0.3) is 5.57 Å². The Kier molecular flexibility index (Phi) is 6.24. The maximum atomic E-state index is 13.3. The van der Waals surface area contributed by atoms with Crippen molar-refractivity contribution in [1.29, 1.82) is 0 Å². The normalized spacial score (nSPS) is 19.1. The molecule has 28 heavy (non-hydrogen) atoms. The maximum Gasteiger partial charge on any atom is 0.317 e. The molecule has 0 aliphatic heterocycles. The summed E-state index contributed by atoms with van der Waals surface area (Å²) in [6.45, 7) is 4.28. The molecule has 0 fully saturated rings. The van der Waals surface area contributed by atoms with Gasteiger partial charge in [0.15, 0.2) is 5.78 Å². The van der Waals surface area contributed by atoms with Crippen molar-refractivity contribution < 1.29 is 23.5 Å². The van der Waals surface area contributed by atoms with E-state index in [9.17, 15) is 14.0 Å². The van der Waals surface area contributed by atoms with Crippen LogP contribution in [0.2, 0.25) is 0 Å². The van der Waals surface area contributed by atoms with Gasteiger partial charge < -0.3 is 9.47 Å². The third kappa shape index (κ3) is 4.14. The monoisotopic (exact) mass is 382 g/mol. The van der Waals surface area contributed by atoms with E-state index in [1.807, 2.05) is 31.2 Å². The van der Waals surface area contributed by atoms with Crippen molar-refractivity contribution in [3.63, 3.8) is 0 Å². The summed E-state index contributed by atoms with van der Waals surface area (Å²) in [5.41, 5.74) is 2.32. The quantitative estimate of drug-likeness (QED) is 0.544. The molecule has 0 N–H and O–H groups in total. The smallest absolute Gasteiger partial charge is 0.317 e. The van der Waals surface area contributed by atoms with Crippen molar-refractivity contribution in [2.24, 2.45) is 5.92 Å². The van der Waals surface area contributed by atoms with Crippen molar-refractivity contribution in [1.82, 2.24) is 0 Å². The lowest BCUT2D eigenvalue weighted by atomic mass is 9.73. The van der Waals surface area contributed by atoms with Gasteiger partial charge in [-0.15, -0.1) is 0 Å². The Morgan fingerprint density at radius 2 is 1.79 bits per heavy atom. The topological polar surface area (TPSA) is 52.6 Å². The first kappa shape index (κ1) is 19.8. The number of rotatable bonds is 6. The molecule has 3 rings (SSSR count). The third-order valence-corrected chi connectivity index (χ3v) is 4.84. The first-order valence-electron chi connectivity index (χ1n) is 9.43. The highest BCUT2D eigenvalue weighted by Gasteiger charge is 2.40. The molecule has 0 unspecified atom stereocenters. The molecule has 0 bridgehead atoms. The summed E-state index contributed by atoms with van der Waals surface area (Å²) in [4.78, 5) is 25.5. The van der Waals surface area contributed by atoms with Gasteiger partial charge in [-0.2, -0.15) is 0 Å². The van der Waals surface area contributed by atoms with Crippen LogP contribution in [0.3, 0.4) is 0 Å². The van der Waals surface area contributed by atoms with Gasteiger partial charge in [0, 0.05) is 5.92 Å². The van der Waals surface area contributed by atoms with E-state index < -0.39 is 17.8 Å². The summed E-state index contributed by atoms with van der Waals surface area (Å²) in [6.07, 6.45) is 1.93. The van der Waals surface area contributed by atoms with Gasteiger partial charge in [0.05, 0.1) is 13.2 Å². The standard InChI is InChI=1S/C23H23FO4/c1-3-27-21-8-6-5-7-18(21)19-13-16(15-9-11-17(24)12-10-15)14-20(25)22(19)23(26)28-4-2/h5-12,14,19,22H,3-4,13H2,1-2H3/t19-,22-/m1/s1. The highest BCUT2D eigenvalue weighted by atomic mass is 19.1. The molecule has 146 valence electrons. The van der Waals surface area contributed by atoms with E-state index in [1.54, 1.807) is 19.1 Å². The van der Waals surface area contributed by atoms with Crippen LogP contribution >= 0.6 is 0 Å². The number of allylic oxidation sites excluding steroid dienone is 2. The Morgan fingerprint density at radius 1 is 1.07 bits per heavy atom. The summed E-state index contributed by atoms with van der Waals surface area (Å²) in [5, 5.41) is 0. The number of esters is 1. The van der Waals surface area contributed by atoms with Crippen molar-refractivity contribution >= 4 is 17.3 Å².